The third kappa shape index (κ3) is 5.86. The summed E-state index contributed by atoms with van der Waals surface area (Å²) < 4.78 is 0. The topological polar surface area (TPSA) is 12.9 Å². The van der Waals surface area contributed by atoms with E-state index in [2.05, 4.69) is 72.5 Å². The molecule has 0 aliphatic heterocycles. The summed E-state index contributed by atoms with van der Waals surface area (Å²) in [5.74, 6) is 0. The van der Waals surface area contributed by atoms with Gasteiger partial charge in [0.1, 0.15) is 0 Å². The van der Waals surface area contributed by atoms with Crippen molar-refractivity contribution in [1.29, 1.82) is 0 Å². The normalized spacial score (nSPS) is 11.8. The lowest BCUT2D eigenvalue weighted by Crippen LogP contribution is -2.16. The maximum absolute atomic E-state index is 4.52. The standard InChI is InChI=1S/C13H21N.C3H8/c1-12(2,3)10-7-8-11(14-9-10)13(4,5)6;1-3-2/h7-9H,1-6H3;3H2,1-2H3. The number of hydrogen-bond acceptors (Lipinski definition) is 1. The van der Waals surface area contributed by atoms with Crippen LogP contribution >= 0.6 is 0 Å². The first kappa shape index (κ1) is 16.1. The van der Waals surface area contributed by atoms with E-state index in [4.69, 9.17) is 0 Å². The average molecular weight is 235 g/mol. The van der Waals surface area contributed by atoms with Gasteiger partial charge in [-0.25, -0.2) is 0 Å². The molecule has 0 unspecified atom stereocenters. The third-order valence-electron chi connectivity index (χ3n) is 2.40. The minimum absolute atomic E-state index is 0.149. The number of rotatable bonds is 0. The summed E-state index contributed by atoms with van der Waals surface area (Å²) in [4.78, 5) is 4.52. The van der Waals surface area contributed by atoms with E-state index in [1.54, 1.807) is 0 Å². The van der Waals surface area contributed by atoms with E-state index >= 15 is 0 Å². The molecule has 17 heavy (non-hydrogen) atoms. The van der Waals surface area contributed by atoms with Crippen molar-refractivity contribution in [3.05, 3.63) is 29.6 Å². The van der Waals surface area contributed by atoms with Crippen molar-refractivity contribution in [1.82, 2.24) is 4.98 Å². The Morgan fingerprint density at radius 2 is 1.35 bits per heavy atom. The fraction of sp³-hybridized carbons (Fsp3) is 0.688. The van der Waals surface area contributed by atoms with Crippen LogP contribution in [0.15, 0.2) is 18.3 Å². The van der Waals surface area contributed by atoms with Gasteiger partial charge in [-0.1, -0.05) is 67.9 Å². The largest absolute Gasteiger partial charge is 0.260 e. The van der Waals surface area contributed by atoms with Gasteiger partial charge in [0.25, 0.3) is 0 Å². The summed E-state index contributed by atoms with van der Waals surface area (Å²) >= 11 is 0. The zero-order chi connectivity index (χ0) is 13.7. The smallest absolute Gasteiger partial charge is 0.0457 e. The molecule has 0 fully saturated rings. The van der Waals surface area contributed by atoms with Gasteiger partial charge in [0.2, 0.25) is 0 Å². The highest BCUT2D eigenvalue weighted by Gasteiger charge is 2.18. The molecule has 0 aromatic carbocycles. The van der Waals surface area contributed by atoms with Gasteiger partial charge in [-0.3, -0.25) is 4.98 Å². The highest BCUT2D eigenvalue weighted by atomic mass is 14.7. The number of hydrogen-bond donors (Lipinski definition) is 0. The van der Waals surface area contributed by atoms with Gasteiger partial charge in [0, 0.05) is 17.3 Å². The highest BCUT2D eigenvalue weighted by molar-refractivity contribution is 5.23. The van der Waals surface area contributed by atoms with Crippen molar-refractivity contribution in [2.75, 3.05) is 0 Å². The fourth-order valence-corrected chi connectivity index (χ4v) is 1.28. The Morgan fingerprint density at radius 1 is 0.882 bits per heavy atom. The van der Waals surface area contributed by atoms with Crippen molar-refractivity contribution < 1.29 is 0 Å². The second-order valence-corrected chi connectivity index (χ2v) is 6.64. The van der Waals surface area contributed by atoms with Gasteiger partial charge >= 0.3 is 0 Å². The van der Waals surface area contributed by atoms with Crippen LogP contribution in [-0.2, 0) is 10.8 Å². The van der Waals surface area contributed by atoms with Crippen LogP contribution in [0.2, 0.25) is 0 Å². The lowest BCUT2D eigenvalue weighted by Gasteiger charge is -2.22. The molecule has 0 bridgehead atoms. The SMILES string of the molecule is CC(C)(C)c1ccc(C(C)(C)C)nc1.CCC. The molecule has 0 aliphatic carbocycles. The van der Waals surface area contributed by atoms with Crippen LogP contribution in [0.1, 0.15) is 73.1 Å². The zero-order valence-electron chi connectivity index (χ0n) is 12.9. The predicted molar refractivity (Wildman–Crippen MR) is 77.6 cm³/mol. The van der Waals surface area contributed by atoms with Crippen molar-refractivity contribution in [3.63, 3.8) is 0 Å². The van der Waals surface area contributed by atoms with Crippen LogP contribution < -0.4 is 0 Å². The van der Waals surface area contributed by atoms with Crippen LogP contribution in [0.4, 0.5) is 0 Å². The Kier molecular flexibility index (Phi) is 5.87. The van der Waals surface area contributed by atoms with Crippen molar-refractivity contribution in [3.8, 4) is 0 Å². The Hall–Kier alpha value is -0.850. The second kappa shape index (κ2) is 6.18. The Bertz CT molecular complexity index is 276. The van der Waals surface area contributed by atoms with E-state index in [1.807, 2.05) is 6.20 Å². The van der Waals surface area contributed by atoms with Gasteiger partial charge in [-0.05, 0) is 17.0 Å². The molecule has 1 aromatic rings. The van der Waals surface area contributed by atoms with E-state index in [0.29, 0.717) is 0 Å². The van der Waals surface area contributed by atoms with Crippen molar-refractivity contribution in [2.24, 2.45) is 0 Å². The highest BCUT2D eigenvalue weighted by Crippen LogP contribution is 2.24. The molecule has 0 atom stereocenters. The number of pyridine rings is 1. The van der Waals surface area contributed by atoms with Gasteiger partial charge in [-0.2, -0.15) is 0 Å². The Labute approximate surface area is 108 Å². The molecule has 0 saturated carbocycles. The second-order valence-electron chi connectivity index (χ2n) is 6.64. The molecule has 0 spiro atoms. The molecule has 1 nitrogen and oxygen atoms in total. The first-order valence-electron chi connectivity index (χ1n) is 6.60. The molecule has 0 aliphatic rings. The van der Waals surface area contributed by atoms with E-state index in [-0.39, 0.29) is 10.8 Å². The van der Waals surface area contributed by atoms with E-state index in [1.165, 1.54) is 12.0 Å². The lowest BCUT2D eigenvalue weighted by atomic mass is 9.86. The van der Waals surface area contributed by atoms with Crippen LogP contribution in [0, 0.1) is 0 Å². The Morgan fingerprint density at radius 3 is 1.59 bits per heavy atom. The summed E-state index contributed by atoms with van der Waals surface area (Å²) in [6.45, 7) is 17.4. The molecule has 1 aromatic heterocycles. The first-order valence-corrected chi connectivity index (χ1v) is 6.60. The van der Waals surface area contributed by atoms with Crippen LogP contribution in [0.5, 0.6) is 0 Å². The van der Waals surface area contributed by atoms with Gasteiger partial charge in [-0.15, -0.1) is 0 Å². The number of nitrogens with zero attached hydrogens (tertiary/aromatic N) is 1. The average Bonchev–Trinajstić information content (AvgIpc) is 2.16. The van der Waals surface area contributed by atoms with E-state index in [0.717, 1.165) is 5.69 Å². The molecule has 0 N–H and O–H groups in total. The quantitative estimate of drug-likeness (QED) is 0.610. The summed E-state index contributed by atoms with van der Waals surface area (Å²) in [5.41, 5.74) is 2.80. The molecular weight excluding hydrogens is 206 g/mol. The van der Waals surface area contributed by atoms with Crippen LogP contribution in [0.25, 0.3) is 0 Å². The summed E-state index contributed by atoms with van der Waals surface area (Å²) in [6, 6.07) is 4.33. The van der Waals surface area contributed by atoms with E-state index in [9.17, 15) is 0 Å². The molecule has 0 amide bonds. The Balaban J connectivity index is 0.000000770. The number of aromatic nitrogens is 1. The van der Waals surface area contributed by atoms with Crippen LogP contribution in [-0.4, -0.2) is 4.98 Å². The molecule has 0 radical (unpaired) electrons. The zero-order valence-corrected chi connectivity index (χ0v) is 12.9. The maximum Gasteiger partial charge on any atom is 0.0457 e. The van der Waals surface area contributed by atoms with Gasteiger partial charge in [0.05, 0.1) is 0 Å². The molecule has 1 rings (SSSR count). The predicted octanol–water partition coefficient (Wildman–Crippen LogP) is 5.09. The summed E-state index contributed by atoms with van der Waals surface area (Å²) in [6.07, 6.45) is 3.25. The third-order valence-corrected chi connectivity index (χ3v) is 2.40. The molecular formula is C16H29N. The fourth-order valence-electron chi connectivity index (χ4n) is 1.28. The molecule has 0 saturated heterocycles. The van der Waals surface area contributed by atoms with Gasteiger partial charge < -0.3 is 0 Å². The first-order chi connectivity index (χ1) is 7.62. The van der Waals surface area contributed by atoms with Crippen molar-refractivity contribution >= 4 is 0 Å². The monoisotopic (exact) mass is 235 g/mol. The maximum atomic E-state index is 4.52. The minimum Gasteiger partial charge on any atom is -0.260 e. The van der Waals surface area contributed by atoms with Crippen molar-refractivity contribution in [2.45, 2.75) is 72.6 Å². The summed E-state index contributed by atoms with van der Waals surface area (Å²) in [5, 5.41) is 0. The van der Waals surface area contributed by atoms with E-state index < -0.39 is 0 Å². The van der Waals surface area contributed by atoms with Crippen LogP contribution in [0.3, 0.4) is 0 Å². The minimum atomic E-state index is 0.149. The molecule has 1 heterocycles. The molecule has 1 heteroatoms. The summed E-state index contributed by atoms with van der Waals surface area (Å²) in [7, 11) is 0. The van der Waals surface area contributed by atoms with Gasteiger partial charge in [0.15, 0.2) is 0 Å². The molecule has 98 valence electrons. The lowest BCUT2D eigenvalue weighted by molar-refractivity contribution is 0.556.